The highest BCUT2D eigenvalue weighted by atomic mass is 32.2. The molecule has 3 N–H and O–H groups in total. The van der Waals surface area contributed by atoms with Gasteiger partial charge in [0.15, 0.2) is 0 Å². The van der Waals surface area contributed by atoms with Gasteiger partial charge in [0.05, 0.1) is 10.9 Å². The standard InChI is InChI=1S/C12H24N2OS2/c1-3-7-10(11(13)16)12(15)14-8-5-4-6-9-17-2/h10H,3-9H2,1-2H3,(H2,13,16)(H,14,15). The molecule has 1 unspecified atom stereocenters. The van der Waals surface area contributed by atoms with E-state index < -0.39 is 0 Å². The Bertz CT molecular complexity index is 235. The van der Waals surface area contributed by atoms with Crippen LogP contribution in [0.1, 0.15) is 39.0 Å². The van der Waals surface area contributed by atoms with Crippen LogP contribution in [-0.4, -0.2) is 29.4 Å². The minimum atomic E-state index is -0.291. The summed E-state index contributed by atoms with van der Waals surface area (Å²) in [6.07, 6.45) is 7.18. The minimum Gasteiger partial charge on any atom is -0.393 e. The molecule has 0 fully saturated rings. The molecule has 1 atom stereocenters. The summed E-state index contributed by atoms with van der Waals surface area (Å²) in [7, 11) is 0. The zero-order valence-electron chi connectivity index (χ0n) is 10.8. The van der Waals surface area contributed by atoms with E-state index in [2.05, 4.69) is 11.6 Å². The van der Waals surface area contributed by atoms with Crippen molar-refractivity contribution in [2.75, 3.05) is 18.6 Å². The Morgan fingerprint density at radius 2 is 2.12 bits per heavy atom. The molecule has 0 bridgehead atoms. The molecular formula is C12H24N2OS2. The second-order valence-electron chi connectivity index (χ2n) is 4.09. The molecule has 0 aliphatic heterocycles. The van der Waals surface area contributed by atoms with Crippen molar-refractivity contribution in [2.45, 2.75) is 39.0 Å². The van der Waals surface area contributed by atoms with E-state index in [9.17, 15) is 4.79 Å². The number of carbonyl (C=O) groups excluding carboxylic acids is 1. The monoisotopic (exact) mass is 276 g/mol. The zero-order valence-corrected chi connectivity index (χ0v) is 12.5. The first-order valence-corrected chi connectivity index (χ1v) is 7.99. The largest absolute Gasteiger partial charge is 0.393 e. The Kier molecular flexibility index (Phi) is 10.7. The summed E-state index contributed by atoms with van der Waals surface area (Å²) in [6, 6.07) is 0. The van der Waals surface area contributed by atoms with Gasteiger partial charge in [0.2, 0.25) is 5.91 Å². The van der Waals surface area contributed by atoms with Crippen LogP contribution in [0.25, 0.3) is 0 Å². The second-order valence-corrected chi connectivity index (χ2v) is 5.55. The molecule has 0 aliphatic carbocycles. The second kappa shape index (κ2) is 10.8. The van der Waals surface area contributed by atoms with Gasteiger partial charge in [-0.05, 0) is 31.3 Å². The fourth-order valence-electron chi connectivity index (χ4n) is 1.57. The summed E-state index contributed by atoms with van der Waals surface area (Å²) >= 11 is 6.77. The number of unbranched alkanes of at least 4 members (excludes halogenated alkanes) is 2. The van der Waals surface area contributed by atoms with Crippen LogP contribution >= 0.6 is 24.0 Å². The first kappa shape index (κ1) is 16.7. The van der Waals surface area contributed by atoms with Crippen LogP contribution in [0.2, 0.25) is 0 Å². The number of hydrogen-bond acceptors (Lipinski definition) is 3. The molecule has 0 aliphatic rings. The van der Waals surface area contributed by atoms with Crippen molar-refractivity contribution in [1.29, 1.82) is 0 Å². The summed E-state index contributed by atoms with van der Waals surface area (Å²) in [6.45, 7) is 2.76. The molecule has 0 rings (SSSR count). The number of nitrogens with two attached hydrogens (primary N) is 1. The first-order valence-electron chi connectivity index (χ1n) is 6.19. The first-order chi connectivity index (χ1) is 8.13. The van der Waals surface area contributed by atoms with Crippen molar-refractivity contribution < 1.29 is 4.79 Å². The molecule has 0 heterocycles. The van der Waals surface area contributed by atoms with E-state index in [0.29, 0.717) is 4.99 Å². The Hall–Kier alpha value is -0.290. The molecule has 0 spiro atoms. The average Bonchev–Trinajstić information content (AvgIpc) is 2.29. The molecule has 1 amide bonds. The molecule has 0 aromatic rings. The fraction of sp³-hybridized carbons (Fsp3) is 0.833. The van der Waals surface area contributed by atoms with E-state index in [4.69, 9.17) is 18.0 Å². The van der Waals surface area contributed by atoms with Gasteiger partial charge < -0.3 is 11.1 Å². The lowest BCUT2D eigenvalue weighted by Gasteiger charge is -2.14. The summed E-state index contributed by atoms with van der Waals surface area (Å²) in [5.74, 6) is 0.893. The molecule has 5 heteroatoms. The van der Waals surface area contributed by atoms with E-state index in [0.717, 1.165) is 32.2 Å². The maximum atomic E-state index is 11.8. The molecule has 0 radical (unpaired) electrons. The molecular weight excluding hydrogens is 252 g/mol. The highest BCUT2D eigenvalue weighted by Crippen LogP contribution is 2.07. The highest BCUT2D eigenvalue weighted by Gasteiger charge is 2.19. The van der Waals surface area contributed by atoms with Gasteiger partial charge >= 0.3 is 0 Å². The number of carbonyl (C=O) groups is 1. The van der Waals surface area contributed by atoms with E-state index in [-0.39, 0.29) is 11.8 Å². The normalized spacial score (nSPS) is 12.1. The number of nitrogens with one attached hydrogen (secondary N) is 1. The number of hydrogen-bond donors (Lipinski definition) is 2. The predicted molar refractivity (Wildman–Crippen MR) is 80.4 cm³/mol. The zero-order chi connectivity index (χ0) is 13.1. The van der Waals surface area contributed by atoms with Crippen molar-refractivity contribution in [1.82, 2.24) is 5.32 Å². The van der Waals surface area contributed by atoms with Gasteiger partial charge in [-0.25, -0.2) is 0 Å². The highest BCUT2D eigenvalue weighted by molar-refractivity contribution is 7.98. The average molecular weight is 276 g/mol. The van der Waals surface area contributed by atoms with Gasteiger partial charge in [-0.1, -0.05) is 32.0 Å². The molecule has 100 valence electrons. The van der Waals surface area contributed by atoms with E-state index >= 15 is 0 Å². The summed E-state index contributed by atoms with van der Waals surface area (Å²) < 4.78 is 0. The number of amides is 1. The molecule has 3 nitrogen and oxygen atoms in total. The third-order valence-corrected chi connectivity index (χ3v) is 3.54. The Morgan fingerprint density at radius 3 is 2.65 bits per heavy atom. The molecule has 0 saturated heterocycles. The third kappa shape index (κ3) is 8.44. The lowest BCUT2D eigenvalue weighted by atomic mass is 10.0. The van der Waals surface area contributed by atoms with Gasteiger partial charge in [0.25, 0.3) is 0 Å². The topological polar surface area (TPSA) is 55.1 Å². The minimum absolute atomic E-state index is 0.00998. The van der Waals surface area contributed by atoms with Crippen LogP contribution in [-0.2, 0) is 4.79 Å². The van der Waals surface area contributed by atoms with Crippen molar-refractivity contribution >= 4 is 34.9 Å². The summed E-state index contributed by atoms with van der Waals surface area (Å²) in [5.41, 5.74) is 5.56. The van der Waals surface area contributed by atoms with Crippen LogP contribution in [0.15, 0.2) is 0 Å². The van der Waals surface area contributed by atoms with E-state index in [1.54, 1.807) is 0 Å². The Balaban J connectivity index is 3.71. The van der Waals surface area contributed by atoms with E-state index in [1.807, 2.05) is 18.7 Å². The van der Waals surface area contributed by atoms with Crippen molar-refractivity contribution in [2.24, 2.45) is 11.7 Å². The third-order valence-electron chi connectivity index (χ3n) is 2.56. The van der Waals surface area contributed by atoms with Crippen LogP contribution in [0, 0.1) is 5.92 Å². The van der Waals surface area contributed by atoms with Gasteiger partial charge in [0.1, 0.15) is 0 Å². The van der Waals surface area contributed by atoms with Crippen molar-refractivity contribution in [3.63, 3.8) is 0 Å². The number of rotatable bonds is 10. The number of thioether (sulfide) groups is 1. The Morgan fingerprint density at radius 1 is 1.41 bits per heavy atom. The lowest BCUT2D eigenvalue weighted by Crippen LogP contribution is -2.38. The van der Waals surface area contributed by atoms with E-state index in [1.165, 1.54) is 12.2 Å². The fourth-order valence-corrected chi connectivity index (χ4v) is 2.29. The van der Waals surface area contributed by atoms with Crippen LogP contribution < -0.4 is 11.1 Å². The quantitative estimate of drug-likeness (QED) is 0.475. The molecule has 0 aromatic heterocycles. The molecule has 17 heavy (non-hydrogen) atoms. The SMILES string of the molecule is CCCC(C(=O)NCCCCCSC)C(N)=S. The van der Waals surface area contributed by atoms with Crippen LogP contribution in [0.4, 0.5) is 0 Å². The van der Waals surface area contributed by atoms with Crippen LogP contribution in [0.3, 0.4) is 0 Å². The lowest BCUT2D eigenvalue weighted by molar-refractivity contribution is -0.123. The number of thiocarbonyl (C=S) groups is 1. The van der Waals surface area contributed by atoms with Gasteiger partial charge in [-0.3, -0.25) is 4.79 Å². The molecule has 0 aromatic carbocycles. The van der Waals surface area contributed by atoms with Gasteiger partial charge in [-0.2, -0.15) is 11.8 Å². The summed E-state index contributed by atoms with van der Waals surface area (Å²) in [5, 5.41) is 2.91. The van der Waals surface area contributed by atoms with Gasteiger partial charge in [0, 0.05) is 6.54 Å². The predicted octanol–water partition coefficient (Wildman–Crippen LogP) is 2.34. The smallest absolute Gasteiger partial charge is 0.229 e. The molecule has 0 saturated carbocycles. The summed E-state index contributed by atoms with van der Waals surface area (Å²) in [4.78, 5) is 12.1. The van der Waals surface area contributed by atoms with Crippen molar-refractivity contribution in [3.8, 4) is 0 Å². The maximum absolute atomic E-state index is 11.8. The van der Waals surface area contributed by atoms with Crippen molar-refractivity contribution in [3.05, 3.63) is 0 Å². The Labute approximate surface area is 114 Å². The maximum Gasteiger partial charge on any atom is 0.229 e. The van der Waals surface area contributed by atoms with Crippen LogP contribution in [0.5, 0.6) is 0 Å². The van der Waals surface area contributed by atoms with Gasteiger partial charge in [-0.15, -0.1) is 0 Å².